The van der Waals surface area contributed by atoms with Crippen molar-refractivity contribution >= 4 is 21.8 Å². The summed E-state index contributed by atoms with van der Waals surface area (Å²) in [6.45, 7) is 13.2. The lowest BCUT2D eigenvalue weighted by molar-refractivity contribution is 0.399. The van der Waals surface area contributed by atoms with Gasteiger partial charge in [-0.3, -0.25) is 10.2 Å². The first-order chi connectivity index (χ1) is 13.1. The average molecular weight is 377 g/mol. The molecule has 4 rings (SSSR count). The van der Waals surface area contributed by atoms with Crippen LogP contribution in [0.4, 0.5) is 0 Å². The van der Waals surface area contributed by atoms with E-state index in [9.17, 15) is 0 Å². The third-order valence-electron chi connectivity index (χ3n) is 5.35. The number of hydrogen-bond acceptors (Lipinski definition) is 3. The van der Waals surface area contributed by atoms with Crippen molar-refractivity contribution in [2.45, 2.75) is 52.4 Å². The van der Waals surface area contributed by atoms with E-state index in [1.165, 1.54) is 5.56 Å². The van der Waals surface area contributed by atoms with Crippen LogP contribution in [-0.4, -0.2) is 27.5 Å². The molecule has 0 bridgehead atoms. The molecule has 2 aromatic heterocycles. The van der Waals surface area contributed by atoms with Crippen molar-refractivity contribution in [3.05, 3.63) is 41.6 Å². The van der Waals surface area contributed by atoms with Gasteiger partial charge in [-0.1, -0.05) is 47.6 Å². The second-order valence-corrected chi connectivity index (χ2v) is 9.49. The largest absolute Gasteiger partial charge is 0.496 e. The molecule has 0 amide bonds. The van der Waals surface area contributed by atoms with Crippen molar-refractivity contribution in [1.29, 1.82) is 0 Å². The molecule has 5 nitrogen and oxygen atoms in total. The number of rotatable bonds is 2. The zero-order valence-corrected chi connectivity index (χ0v) is 17.7. The van der Waals surface area contributed by atoms with Crippen LogP contribution in [0.2, 0.25) is 0 Å². The highest BCUT2D eigenvalue weighted by Gasteiger charge is 2.26. The van der Waals surface area contributed by atoms with E-state index in [1.807, 2.05) is 6.20 Å². The first kappa shape index (κ1) is 18.5. The summed E-state index contributed by atoms with van der Waals surface area (Å²) in [6.07, 6.45) is 1.89. The van der Waals surface area contributed by atoms with Crippen molar-refractivity contribution in [3.8, 4) is 17.0 Å². The molecule has 0 fully saturated rings. The molecule has 0 unspecified atom stereocenters. The Hall–Kier alpha value is -2.82. The fraction of sp³-hybridized carbons (Fsp3) is 0.391. The Bertz CT molecular complexity index is 1170. The van der Waals surface area contributed by atoms with Gasteiger partial charge < -0.3 is 4.74 Å². The second kappa shape index (κ2) is 6.09. The van der Waals surface area contributed by atoms with Gasteiger partial charge in [0.15, 0.2) is 0 Å². The number of H-pyrrole nitrogens is 2. The summed E-state index contributed by atoms with van der Waals surface area (Å²) in [5.74, 6) is 0.861. The highest BCUT2D eigenvalue weighted by Crippen LogP contribution is 2.43. The van der Waals surface area contributed by atoms with Crippen molar-refractivity contribution in [2.75, 3.05) is 7.11 Å². The first-order valence-electron chi connectivity index (χ1n) is 9.65. The van der Waals surface area contributed by atoms with Gasteiger partial charge in [-0.25, -0.2) is 0 Å². The Balaban J connectivity index is 2.04. The molecule has 0 saturated carbocycles. The highest BCUT2D eigenvalue weighted by molar-refractivity contribution is 6.04. The van der Waals surface area contributed by atoms with Gasteiger partial charge in [0.1, 0.15) is 11.4 Å². The molecular weight excluding hydrogens is 348 g/mol. The van der Waals surface area contributed by atoms with Crippen LogP contribution in [-0.2, 0) is 10.8 Å². The van der Waals surface area contributed by atoms with Gasteiger partial charge in [-0.15, -0.1) is 0 Å². The van der Waals surface area contributed by atoms with Gasteiger partial charge in [0.25, 0.3) is 0 Å². The number of fused-ring (bicyclic) bond motifs is 2. The molecule has 2 aromatic carbocycles. The molecule has 0 aliphatic carbocycles. The van der Waals surface area contributed by atoms with Gasteiger partial charge >= 0.3 is 0 Å². The predicted molar refractivity (Wildman–Crippen MR) is 115 cm³/mol. The number of benzene rings is 2. The van der Waals surface area contributed by atoms with Crippen LogP contribution in [0.3, 0.4) is 0 Å². The topological polar surface area (TPSA) is 66.6 Å². The van der Waals surface area contributed by atoms with E-state index >= 15 is 0 Å². The summed E-state index contributed by atoms with van der Waals surface area (Å²) in [7, 11) is 1.72. The van der Waals surface area contributed by atoms with Crippen LogP contribution in [0.15, 0.2) is 30.5 Å². The molecule has 2 N–H and O–H groups in total. The maximum absolute atomic E-state index is 5.80. The number of aromatic amines is 2. The number of hydrogen-bond donors (Lipinski definition) is 2. The first-order valence-corrected chi connectivity index (χ1v) is 9.65. The standard InChI is InChI=1S/C23H28N4O/c1-22(2,3)13-8-9-17-14(10-13)20(27-25-17)15-11-18(28-7)19(23(4,5)6)16-12-24-26-21(15)16/h8-12H,1-7H3,(H,24,26)(H,25,27). The van der Waals surface area contributed by atoms with Crippen molar-refractivity contribution in [2.24, 2.45) is 0 Å². The zero-order valence-electron chi connectivity index (χ0n) is 17.7. The van der Waals surface area contributed by atoms with Gasteiger partial charge in [-0.05, 0) is 34.6 Å². The van der Waals surface area contributed by atoms with Crippen molar-refractivity contribution in [3.63, 3.8) is 0 Å². The Morgan fingerprint density at radius 1 is 0.893 bits per heavy atom. The number of ether oxygens (including phenoxy) is 1. The van der Waals surface area contributed by atoms with E-state index in [0.717, 1.165) is 44.4 Å². The zero-order chi connectivity index (χ0) is 20.3. The van der Waals surface area contributed by atoms with Crippen molar-refractivity contribution in [1.82, 2.24) is 20.4 Å². The summed E-state index contributed by atoms with van der Waals surface area (Å²) < 4.78 is 5.80. The summed E-state index contributed by atoms with van der Waals surface area (Å²) in [4.78, 5) is 0. The van der Waals surface area contributed by atoms with Crippen LogP contribution in [0.1, 0.15) is 52.7 Å². The van der Waals surface area contributed by atoms with Crippen LogP contribution in [0.25, 0.3) is 33.1 Å². The smallest absolute Gasteiger partial charge is 0.124 e. The lowest BCUT2D eigenvalue weighted by Gasteiger charge is -2.24. The molecule has 146 valence electrons. The molecule has 0 aliphatic heterocycles. The Morgan fingerprint density at radius 2 is 1.64 bits per heavy atom. The predicted octanol–water partition coefficient (Wildman–Crippen LogP) is 5.71. The molecule has 0 radical (unpaired) electrons. The molecule has 2 heterocycles. The average Bonchev–Trinajstić information content (AvgIpc) is 3.24. The Labute approximate surface area is 165 Å². The molecule has 0 saturated heterocycles. The normalized spacial score (nSPS) is 12.8. The number of methoxy groups -OCH3 is 1. The highest BCUT2D eigenvalue weighted by atomic mass is 16.5. The van der Waals surface area contributed by atoms with Gasteiger partial charge in [0.05, 0.1) is 24.3 Å². The number of aromatic nitrogens is 4. The van der Waals surface area contributed by atoms with Crippen molar-refractivity contribution < 1.29 is 4.74 Å². The van der Waals surface area contributed by atoms with E-state index in [4.69, 9.17) is 4.74 Å². The monoisotopic (exact) mass is 376 g/mol. The molecule has 5 heteroatoms. The third kappa shape index (κ3) is 2.86. The molecule has 4 aromatic rings. The molecule has 28 heavy (non-hydrogen) atoms. The lowest BCUT2D eigenvalue weighted by atomic mass is 9.82. The SMILES string of the molecule is COc1cc(-c2n[nH]c3ccc(C(C)(C)C)cc23)c2[nH]ncc2c1C(C)(C)C. The third-order valence-corrected chi connectivity index (χ3v) is 5.35. The van der Waals surface area contributed by atoms with E-state index in [-0.39, 0.29) is 10.8 Å². The maximum atomic E-state index is 5.80. The van der Waals surface area contributed by atoms with E-state index in [1.54, 1.807) is 7.11 Å². The summed E-state index contributed by atoms with van der Waals surface area (Å²) in [6, 6.07) is 8.59. The van der Waals surface area contributed by atoms with E-state index < -0.39 is 0 Å². The Kier molecular flexibility index (Phi) is 4.03. The van der Waals surface area contributed by atoms with Crippen LogP contribution >= 0.6 is 0 Å². The number of nitrogens with one attached hydrogen (secondary N) is 2. The van der Waals surface area contributed by atoms with E-state index in [0.29, 0.717) is 0 Å². The second-order valence-electron chi connectivity index (χ2n) is 9.49. The maximum Gasteiger partial charge on any atom is 0.124 e. The van der Waals surface area contributed by atoms with E-state index in [2.05, 4.69) is 86.2 Å². The van der Waals surface area contributed by atoms with Crippen LogP contribution in [0, 0.1) is 0 Å². The molecule has 0 atom stereocenters. The van der Waals surface area contributed by atoms with Gasteiger partial charge in [0, 0.05) is 21.9 Å². The summed E-state index contributed by atoms with van der Waals surface area (Å²) >= 11 is 0. The minimum Gasteiger partial charge on any atom is -0.496 e. The van der Waals surface area contributed by atoms with Crippen LogP contribution < -0.4 is 4.74 Å². The summed E-state index contributed by atoms with van der Waals surface area (Å²) in [5.41, 5.74) is 6.34. The summed E-state index contributed by atoms with van der Waals surface area (Å²) in [5, 5.41) is 17.5. The minimum atomic E-state index is -0.0704. The molecular formula is C23H28N4O. The molecule has 0 aliphatic rings. The van der Waals surface area contributed by atoms with Gasteiger partial charge in [-0.2, -0.15) is 10.2 Å². The fourth-order valence-corrected chi connectivity index (χ4v) is 3.90. The quantitative estimate of drug-likeness (QED) is 0.471. The molecule has 0 spiro atoms. The fourth-order valence-electron chi connectivity index (χ4n) is 3.90. The Morgan fingerprint density at radius 3 is 2.29 bits per heavy atom. The minimum absolute atomic E-state index is 0.0693. The lowest BCUT2D eigenvalue weighted by Crippen LogP contribution is -2.13. The van der Waals surface area contributed by atoms with Crippen LogP contribution in [0.5, 0.6) is 5.75 Å². The van der Waals surface area contributed by atoms with Gasteiger partial charge in [0.2, 0.25) is 0 Å². The number of nitrogens with zero attached hydrogens (tertiary/aromatic N) is 2.